The molecule has 0 aromatic carbocycles. The molecule has 0 amide bonds. The largest absolute Gasteiger partial charge is 0.312 e. The Morgan fingerprint density at radius 3 is 2.71 bits per heavy atom. The molecule has 1 fully saturated rings. The molecule has 0 atom stereocenters. The van der Waals surface area contributed by atoms with Crippen LogP contribution in [-0.2, 0) is 16.6 Å². The molecule has 1 N–H and O–H groups in total. The number of sulfonamides is 1. The van der Waals surface area contributed by atoms with Crippen LogP contribution in [0.25, 0.3) is 0 Å². The van der Waals surface area contributed by atoms with Gasteiger partial charge in [0.15, 0.2) is 0 Å². The summed E-state index contributed by atoms with van der Waals surface area (Å²) >= 11 is 4.90. The quantitative estimate of drug-likeness (QED) is 0.770. The maximum Gasteiger partial charge on any atom is 0.244 e. The van der Waals surface area contributed by atoms with Crippen molar-refractivity contribution >= 4 is 37.3 Å². The van der Waals surface area contributed by atoms with Gasteiger partial charge in [-0.3, -0.25) is 0 Å². The zero-order chi connectivity index (χ0) is 15.5. The lowest BCUT2D eigenvalue weighted by Crippen LogP contribution is -2.31. The number of hydrogen-bond donors (Lipinski definition) is 1. The molecule has 120 valence electrons. The summed E-state index contributed by atoms with van der Waals surface area (Å²) in [4.78, 5) is 1.44. The molecule has 0 spiro atoms. The van der Waals surface area contributed by atoms with Crippen LogP contribution in [0.4, 0.5) is 0 Å². The lowest BCUT2D eigenvalue weighted by molar-refractivity contribution is 0.387. The van der Waals surface area contributed by atoms with Gasteiger partial charge < -0.3 is 5.32 Å². The second-order valence-electron chi connectivity index (χ2n) is 5.57. The Labute approximate surface area is 140 Å². The van der Waals surface area contributed by atoms with E-state index in [1.54, 1.807) is 13.1 Å². The van der Waals surface area contributed by atoms with Crippen LogP contribution in [-0.4, -0.2) is 32.9 Å². The number of hydrogen-bond acceptors (Lipinski definition) is 4. The van der Waals surface area contributed by atoms with E-state index in [9.17, 15) is 8.42 Å². The maximum absolute atomic E-state index is 12.7. The molecule has 1 aliphatic rings. The summed E-state index contributed by atoms with van der Waals surface area (Å²) in [5, 5.41) is 3.23. The summed E-state index contributed by atoms with van der Waals surface area (Å²) in [5.41, 5.74) is 0. The number of halogens is 1. The Hall–Kier alpha value is 0.0500. The monoisotopic (exact) mass is 394 g/mol. The summed E-state index contributed by atoms with van der Waals surface area (Å²) in [5.74, 6) is 0.517. The van der Waals surface area contributed by atoms with Crippen LogP contribution in [0.2, 0.25) is 0 Å². The highest BCUT2D eigenvalue weighted by molar-refractivity contribution is 9.11. The number of thiophene rings is 1. The third-order valence-electron chi connectivity index (χ3n) is 3.93. The van der Waals surface area contributed by atoms with E-state index in [0.717, 1.165) is 24.3 Å². The van der Waals surface area contributed by atoms with Gasteiger partial charge in [-0.2, -0.15) is 0 Å². The Bertz CT molecular complexity index is 566. The van der Waals surface area contributed by atoms with E-state index < -0.39 is 10.0 Å². The van der Waals surface area contributed by atoms with Crippen molar-refractivity contribution in [2.75, 3.05) is 20.1 Å². The molecule has 4 nitrogen and oxygen atoms in total. The fraction of sp³-hybridized carbons (Fsp3) is 0.714. The van der Waals surface area contributed by atoms with E-state index in [1.807, 2.05) is 6.92 Å². The molecule has 0 aliphatic heterocycles. The molecule has 1 heterocycles. The normalized spacial score (nSPS) is 17.0. The van der Waals surface area contributed by atoms with Crippen molar-refractivity contribution < 1.29 is 8.42 Å². The molecular weight excluding hydrogens is 372 g/mol. The standard InChI is InChI=1S/C14H23BrN2O2S2/c1-3-16-9-12-8-13(14(15)20-12)21(18,19)17(2)10-11-6-4-5-7-11/h8,11,16H,3-7,9-10H2,1-2H3. The van der Waals surface area contributed by atoms with E-state index in [4.69, 9.17) is 0 Å². The molecule has 1 aromatic heterocycles. The number of nitrogens with zero attached hydrogens (tertiary/aromatic N) is 1. The number of nitrogens with one attached hydrogen (secondary N) is 1. The maximum atomic E-state index is 12.7. The smallest absolute Gasteiger partial charge is 0.244 e. The van der Waals surface area contributed by atoms with Gasteiger partial charge in [0.1, 0.15) is 4.90 Å². The van der Waals surface area contributed by atoms with E-state index in [2.05, 4.69) is 21.2 Å². The SMILES string of the molecule is CCNCc1cc(S(=O)(=O)N(C)CC2CCCC2)c(Br)s1. The summed E-state index contributed by atoms with van der Waals surface area (Å²) in [6.45, 7) is 4.25. The van der Waals surface area contributed by atoms with Gasteiger partial charge in [0, 0.05) is 25.0 Å². The van der Waals surface area contributed by atoms with E-state index in [-0.39, 0.29) is 0 Å². The summed E-state index contributed by atoms with van der Waals surface area (Å²) in [6.07, 6.45) is 4.76. The molecular formula is C14H23BrN2O2S2. The van der Waals surface area contributed by atoms with Crippen LogP contribution in [0.15, 0.2) is 14.7 Å². The van der Waals surface area contributed by atoms with Gasteiger partial charge in [0.05, 0.1) is 3.79 Å². The fourth-order valence-corrected chi connectivity index (χ4v) is 6.58. The second kappa shape index (κ2) is 7.55. The van der Waals surface area contributed by atoms with Crippen LogP contribution in [0.1, 0.15) is 37.5 Å². The van der Waals surface area contributed by atoms with Crippen molar-refractivity contribution in [1.29, 1.82) is 0 Å². The highest BCUT2D eigenvalue weighted by atomic mass is 79.9. The van der Waals surface area contributed by atoms with Crippen LogP contribution in [0.3, 0.4) is 0 Å². The minimum atomic E-state index is -3.39. The molecule has 1 aromatic rings. The lowest BCUT2D eigenvalue weighted by atomic mass is 10.1. The molecule has 1 saturated carbocycles. The minimum Gasteiger partial charge on any atom is -0.312 e. The molecule has 0 unspecified atom stereocenters. The molecule has 21 heavy (non-hydrogen) atoms. The summed E-state index contributed by atoms with van der Waals surface area (Å²) in [7, 11) is -1.70. The predicted molar refractivity (Wildman–Crippen MR) is 91.2 cm³/mol. The third-order valence-corrected chi connectivity index (χ3v) is 8.01. The van der Waals surface area contributed by atoms with Gasteiger partial charge in [-0.25, -0.2) is 12.7 Å². The Balaban J connectivity index is 2.12. The first-order valence-electron chi connectivity index (χ1n) is 7.40. The average molecular weight is 395 g/mol. The molecule has 7 heteroatoms. The first kappa shape index (κ1) is 17.4. The lowest BCUT2D eigenvalue weighted by Gasteiger charge is -2.20. The first-order chi connectivity index (χ1) is 9.95. The van der Waals surface area contributed by atoms with E-state index >= 15 is 0 Å². The van der Waals surface area contributed by atoms with Gasteiger partial charge >= 0.3 is 0 Å². The Morgan fingerprint density at radius 1 is 1.43 bits per heavy atom. The van der Waals surface area contributed by atoms with Gasteiger partial charge in [-0.1, -0.05) is 19.8 Å². The molecule has 2 rings (SSSR count). The zero-order valence-corrected chi connectivity index (χ0v) is 15.8. The highest BCUT2D eigenvalue weighted by Gasteiger charge is 2.28. The number of rotatable bonds is 7. The van der Waals surface area contributed by atoms with Crippen LogP contribution < -0.4 is 5.32 Å². The van der Waals surface area contributed by atoms with Crippen molar-refractivity contribution in [3.63, 3.8) is 0 Å². The van der Waals surface area contributed by atoms with Crippen molar-refractivity contribution in [2.24, 2.45) is 5.92 Å². The van der Waals surface area contributed by atoms with E-state index in [0.29, 0.717) is 27.7 Å². The molecule has 0 radical (unpaired) electrons. The second-order valence-corrected chi connectivity index (χ2v) is 10.0. The molecule has 0 bridgehead atoms. The van der Waals surface area contributed by atoms with Crippen molar-refractivity contribution in [2.45, 2.75) is 44.0 Å². The predicted octanol–water partition coefficient (Wildman–Crippen LogP) is 3.43. The first-order valence-corrected chi connectivity index (χ1v) is 10.5. The van der Waals surface area contributed by atoms with Gasteiger partial charge in [0.2, 0.25) is 10.0 Å². The Kier molecular flexibility index (Phi) is 6.25. The van der Waals surface area contributed by atoms with Crippen molar-refractivity contribution in [3.05, 3.63) is 14.7 Å². The summed E-state index contributed by atoms with van der Waals surface area (Å²) < 4.78 is 27.6. The average Bonchev–Trinajstić information content (AvgIpc) is 3.06. The van der Waals surface area contributed by atoms with Gasteiger partial charge in [-0.05, 0) is 47.3 Å². The Morgan fingerprint density at radius 2 is 2.10 bits per heavy atom. The van der Waals surface area contributed by atoms with Gasteiger partial charge in [0.25, 0.3) is 0 Å². The van der Waals surface area contributed by atoms with Crippen LogP contribution in [0, 0.1) is 5.92 Å². The third kappa shape index (κ3) is 4.28. The van der Waals surface area contributed by atoms with Crippen LogP contribution in [0.5, 0.6) is 0 Å². The topological polar surface area (TPSA) is 49.4 Å². The van der Waals surface area contributed by atoms with Crippen molar-refractivity contribution in [3.8, 4) is 0 Å². The van der Waals surface area contributed by atoms with E-state index in [1.165, 1.54) is 28.5 Å². The fourth-order valence-electron chi connectivity index (χ4n) is 2.73. The highest BCUT2D eigenvalue weighted by Crippen LogP contribution is 2.34. The van der Waals surface area contributed by atoms with Gasteiger partial charge in [-0.15, -0.1) is 11.3 Å². The summed E-state index contributed by atoms with van der Waals surface area (Å²) in [6, 6.07) is 1.79. The molecule has 1 aliphatic carbocycles. The zero-order valence-electron chi connectivity index (χ0n) is 12.6. The molecule has 0 saturated heterocycles. The van der Waals surface area contributed by atoms with Crippen molar-refractivity contribution in [1.82, 2.24) is 9.62 Å². The minimum absolute atomic E-state index is 0.404. The van der Waals surface area contributed by atoms with Crippen LogP contribution >= 0.6 is 27.3 Å².